The van der Waals surface area contributed by atoms with Crippen molar-refractivity contribution in [3.63, 3.8) is 0 Å². The number of fused-ring (bicyclic) bond motifs is 1. The van der Waals surface area contributed by atoms with Gasteiger partial charge in [0.05, 0.1) is 13.1 Å². The highest BCUT2D eigenvalue weighted by Gasteiger charge is 2.07. The predicted molar refractivity (Wildman–Crippen MR) is 94.5 cm³/mol. The van der Waals surface area contributed by atoms with Crippen LogP contribution in [-0.4, -0.2) is 37.7 Å². The lowest BCUT2D eigenvalue weighted by Crippen LogP contribution is -2.37. The smallest absolute Gasteiger partial charge is 0.223 e. The van der Waals surface area contributed by atoms with Gasteiger partial charge in [-0.3, -0.25) is 9.39 Å². The number of aromatic nitrogens is 5. The topological polar surface area (TPSA) is 106 Å². The van der Waals surface area contributed by atoms with Crippen LogP contribution in [0.5, 0.6) is 0 Å². The third-order valence-corrected chi connectivity index (χ3v) is 3.01. The summed E-state index contributed by atoms with van der Waals surface area (Å²) in [6.07, 6.45) is 1.92. The van der Waals surface area contributed by atoms with E-state index in [0.29, 0.717) is 30.8 Å². The number of hydrogen-bond donors (Lipinski definition) is 2. The average molecular weight is 428 g/mol. The normalized spacial score (nSPS) is 11.3. The number of hydrogen-bond acceptors (Lipinski definition) is 6. The van der Waals surface area contributed by atoms with E-state index in [0.717, 1.165) is 11.5 Å². The molecule has 0 aromatic carbocycles. The summed E-state index contributed by atoms with van der Waals surface area (Å²) >= 11 is 0. The molecule has 0 unspecified atom stereocenters. The van der Waals surface area contributed by atoms with Crippen molar-refractivity contribution < 1.29 is 4.52 Å². The summed E-state index contributed by atoms with van der Waals surface area (Å²) in [5, 5.41) is 18.3. The molecule has 9 nitrogen and oxygen atoms in total. The molecule has 3 rings (SSSR count). The summed E-state index contributed by atoms with van der Waals surface area (Å²) < 4.78 is 6.83. The zero-order valence-electron chi connectivity index (χ0n) is 12.7. The monoisotopic (exact) mass is 428 g/mol. The largest absolute Gasteiger partial charge is 0.349 e. The number of aliphatic imine (C=N–C) groups is 1. The highest BCUT2D eigenvalue weighted by Crippen LogP contribution is 2.02. The Kier molecular flexibility index (Phi) is 5.84. The van der Waals surface area contributed by atoms with Gasteiger partial charge in [-0.2, -0.15) is 4.98 Å². The lowest BCUT2D eigenvalue weighted by Gasteiger charge is -2.09. The average Bonchev–Trinajstić information content (AvgIpc) is 3.14. The van der Waals surface area contributed by atoms with Gasteiger partial charge in [-0.25, -0.2) is 0 Å². The Hall–Kier alpha value is -2.24. The molecule has 3 aromatic rings. The van der Waals surface area contributed by atoms with Crippen LogP contribution in [0.25, 0.3) is 5.65 Å². The van der Waals surface area contributed by atoms with E-state index in [9.17, 15) is 0 Å². The van der Waals surface area contributed by atoms with Crippen molar-refractivity contribution in [1.82, 2.24) is 35.4 Å². The van der Waals surface area contributed by atoms with Gasteiger partial charge < -0.3 is 15.2 Å². The van der Waals surface area contributed by atoms with Gasteiger partial charge in [0.15, 0.2) is 23.3 Å². The number of guanidine groups is 1. The van der Waals surface area contributed by atoms with Crippen molar-refractivity contribution in [3.05, 3.63) is 41.9 Å². The summed E-state index contributed by atoms with van der Waals surface area (Å²) in [4.78, 5) is 8.26. The summed E-state index contributed by atoms with van der Waals surface area (Å²) in [5.74, 6) is 2.53. The minimum absolute atomic E-state index is 0. The molecule has 0 spiro atoms. The van der Waals surface area contributed by atoms with Crippen molar-refractivity contribution >= 4 is 35.6 Å². The van der Waals surface area contributed by atoms with Crippen molar-refractivity contribution in [2.24, 2.45) is 4.99 Å². The molecule has 3 heterocycles. The summed E-state index contributed by atoms with van der Waals surface area (Å²) in [6.45, 7) is 2.67. The van der Waals surface area contributed by atoms with Gasteiger partial charge in [-0.1, -0.05) is 11.2 Å². The standard InChI is InChI=1S/C13H16N8O.HI/c1-9-17-10(20-22-9)7-15-13(14-2)16-8-12-19-18-11-5-3-4-6-21(11)12;/h3-6H,7-8H2,1-2H3,(H2,14,15,16);1H. The summed E-state index contributed by atoms with van der Waals surface area (Å²) in [7, 11) is 1.69. The molecule has 0 atom stereocenters. The van der Waals surface area contributed by atoms with E-state index >= 15 is 0 Å². The molecule has 122 valence electrons. The molecule has 0 amide bonds. The molecular weight excluding hydrogens is 411 g/mol. The molecule has 0 saturated heterocycles. The second kappa shape index (κ2) is 7.85. The van der Waals surface area contributed by atoms with E-state index in [1.165, 1.54) is 0 Å². The second-order valence-electron chi connectivity index (χ2n) is 4.55. The van der Waals surface area contributed by atoms with Gasteiger partial charge in [0.2, 0.25) is 5.89 Å². The van der Waals surface area contributed by atoms with Gasteiger partial charge in [-0.05, 0) is 12.1 Å². The number of nitrogens with one attached hydrogen (secondary N) is 2. The fourth-order valence-electron chi connectivity index (χ4n) is 1.97. The zero-order chi connectivity index (χ0) is 15.4. The maximum atomic E-state index is 4.91. The molecule has 2 N–H and O–H groups in total. The quantitative estimate of drug-likeness (QED) is 0.362. The van der Waals surface area contributed by atoms with Gasteiger partial charge in [0, 0.05) is 20.2 Å². The Balaban J connectivity index is 0.00000192. The van der Waals surface area contributed by atoms with E-state index in [2.05, 4.69) is 36.0 Å². The molecule has 0 aliphatic carbocycles. The molecule has 0 saturated carbocycles. The van der Waals surface area contributed by atoms with Crippen LogP contribution in [0.15, 0.2) is 33.9 Å². The maximum Gasteiger partial charge on any atom is 0.223 e. The zero-order valence-corrected chi connectivity index (χ0v) is 15.1. The van der Waals surface area contributed by atoms with E-state index in [1.54, 1.807) is 14.0 Å². The van der Waals surface area contributed by atoms with Crippen LogP contribution in [0.4, 0.5) is 0 Å². The van der Waals surface area contributed by atoms with E-state index in [1.807, 2.05) is 28.8 Å². The van der Waals surface area contributed by atoms with Crippen LogP contribution in [-0.2, 0) is 13.1 Å². The molecule has 3 aromatic heterocycles. The van der Waals surface area contributed by atoms with Gasteiger partial charge in [-0.15, -0.1) is 34.2 Å². The Labute approximate surface area is 149 Å². The summed E-state index contributed by atoms with van der Waals surface area (Å²) in [6, 6.07) is 5.77. The van der Waals surface area contributed by atoms with Crippen molar-refractivity contribution in [2.75, 3.05) is 7.05 Å². The third kappa shape index (κ3) is 4.15. The number of pyridine rings is 1. The van der Waals surface area contributed by atoms with Gasteiger partial charge >= 0.3 is 0 Å². The minimum Gasteiger partial charge on any atom is -0.349 e. The lowest BCUT2D eigenvalue weighted by atomic mass is 10.4. The van der Waals surface area contributed by atoms with Crippen molar-refractivity contribution in [1.29, 1.82) is 0 Å². The molecule has 0 fully saturated rings. The maximum absolute atomic E-state index is 4.91. The highest BCUT2D eigenvalue weighted by molar-refractivity contribution is 14.0. The molecule has 0 aliphatic rings. The van der Waals surface area contributed by atoms with Gasteiger partial charge in [0.1, 0.15) is 0 Å². The number of aryl methyl sites for hydroxylation is 1. The predicted octanol–water partition coefficient (Wildman–Crippen LogP) is 0.904. The third-order valence-electron chi connectivity index (χ3n) is 3.01. The molecule has 10 heteroatoms. The Bertz CT molecular complexity index is 796. The lowest BCUT2D eigenvalue weighted by molar-refractivity contribution is 0.387. The molecule has 0 aliphatic heterocycles. The van der Waals surface area contributed by atoms with Crippen LogP contribution in [0.1, 0.15) is 17.5 Å². The minimum atomic E-state index is 0. The first kappa shape index (κ1) is 17.1. The fourth-order valence-corrected chi connectivity index (χ4v) is 1.97. The number of nitrogens with zero attached hydrogens (tertiary/aromatic N) is 6. The Morgan fingerprint density at radius 1 is 1.26 bits per heavy atom. The first-order chi connectivity index (χ1) is 10.8. The van der Waals surface area contributed by atoms with Crippen LogP contribution in [0.3, 0.4) is 0 Å². The Morgan fingerprint density at radius 2 is 2.09 bits per heavy atom. The molecular formula is C13H17IN8O. The van der Waals surface area contributed by atoms with Gasteiger partial charge in [0.25, 0.3) is 0 Å². The summed E-state index contributed by atoms with van der Waals surface area (Å²) in [5.41, 5.74) is 0.810. The highest BCUT2D eigenvalue weighted by atomic mass is 127. The van der Waals surface area contributed by atoms with Crippen LogP contribution < -0.4 is 10.6 Å². The first-order valence-corrected chi connectivity index (χ1v) is 6.78. The number of rotatable bonds is 4. The molecule has 23 heavy (non-hydrogen) atoms. The van der Waals surface area contributed by atoms with Crippen molar-refractivity contribution in [3.8, 4) is 0 Å². The van der Waals surface area contributed by atoms with E-state index in [-0.39, 0.29) is 24.0 Å². The van der Waals surface area contributed by atoms with E-state index in [4.69, 9.17) is 4.52 Å². The van der Waals surface area contributed by atoms with Crippen LogP contribution in [0.2, 0.25) is 0 Å². The van der Waals surface area contributed by atoms with Crippen LogP contribution in [0, 0.1) is 6.92 Å². The van der Waals surface area contributed by atoms with E-state index < -0.39 is 0 Å². The molecule has 0 bridgehead atoms. The fraction of sp³-hybridized carbons (Fsp3) is 0.308. The first-order valence-electron chi connectivity index (χ1n) is 6.78. The SMILES string of the molecule is CN=C(NCc1noc(C)n1)NCc1nnc2ccccn12.I. The van der Waals surface area contributed by atoms with Crippen molar-refractivity contribution in [2.45, 2.75) is 20.0 Å². The molecule has 0 radical (unpaired) electrons. The number of halogens is 1. The Morgan fingerprint density at radius 3 is 2.83 bits per heavy atom. The second-order valence-corrected chi connectivity index (χ2v) is 4.55. The van der Waals surface area contributed by atoms with Crippen LogP contribution >= 0.6 is 24.0 Å².